The molecule has 4 heterocycles. The number of carbonyl (C=O) groups excluding carboxylic acids is 1. The van der Waals surface area contributed by atoms with Crippen LogP contribution in [0.3, 0.4) is 0 Å². The third kappa shape index (κ3) is 3.76. The summed E-state index contributed by atoms with van der Waals surface area (Å²) in [4.78, 5) is 23.3. The number of nitrogens with zero attached hydrogens (tertiary/aromatic N) is 2. The van der Waals surface area contributed by atoms with Gasteiger partial charge in [-0.15, -0.1) is 0 Å². The smallest absolute Gasteiger partial charge is 0.253 e. The second kappa shape index (κ2) is 8.37. The molecule has 0 bridgehead atoms. The van der Waals surface area contributed by atoms with Crippen molar-refractivity contribution in [1.82, 2.24) is 15.3 Å². The summed E-state index contributed by atoms with van der Waals surface area (Å²) in [5, 5.41) is 6.09. The Kier molecular flexibility index (Phi) is 5.07. The molecule has 6 rings (SSSR count). The molecule has 0 atom stereocenters. The van der Waals surface area contributed by atoms with E-state index >= 15 is 0 Å². The highest BCUT2D eigenvalue weighted by molar-refractivity contribution is 6.15. The molecule has 2 aliphatic heterocycles. The van der Waals surface area contributed by atoms with Crippen molar-refractivity contribution < 1.29 is 9.53 Å². The van der Waals surface area contributed by atoms with Gasteiger partial charge in [0.1, 0.15) is 0 Å². The number of nitrogens with one attached hydrogen (secondary N) is 2. The van der Waals surface area contributed by atoms with E-state index < -0.39 is 0 Å². The second-order valence-corrected chi connectivity index (χ2v) is 8.67. The van der Waals surface area contributed by atoms with E-state index in [4.69, 9.17) is 9.72 Å². The average Bonchev–Trinajstić information content (AvgIpc) is 3.15. The zero-order valence-electron chi connectivity index (χ0n) is 18.4. The number of hydrogen-bond donors (Lipinski definition) is 2. The van der Waals surface area contributed by atoms with Gasteiger partial charge in [0.15, 0.2) is 0 Å². The van der Waals surface area contributed by atoms with Crippen molar-refractivity contribution in [2.24, 2.45) is 0 Å². The van der Waals surface area contributed by atoms with Crippen molar-refractivity contribution in [3.05, 3.63) is 71.2 Å². The second-order valence-electron chi connectivity index (χ2n) is 8.67. The van der Waals surface area contributed by atoms with Gasteiger partial charge in [-0.3, -0.25) is 9.78 Å². The normalized spacial score (nSPS) is 16.8. The van der Waals surface area contributed by atoms with Crippen LogP contribution in [0.25, 0.3) is 33.8 Å². The van der Waals surface area contributed by atoms with E-state index in [1.54, 1.807) is 0 Å². The van der Waals surface area contributed by atoms with Crippen molar-refractivity contribution in [1.29, 1.82) is 0 Å². The van der Waals surface area contributed by atoms with E-state index in [2.05, 4.69) is 63.8 Å². The maximum Gasteiger partial charge on any atom is 0.253 e. The third-order valence-corrected chi connectivity index (χ3v) is 6.55. The molecule has 2 aliphatic rings. The molecule has 0 radical (unpaired) electrons. The molecule has 0 unspecified atom stereocenters. The van der Waals surface area contributed by atoms with Gasteiger partial charge < -0.3 is 19.9 Å². The van der Waals surface area contributed by atoms with E-state index in [9.17, 15) is 4.79 Å². The van der Waals surface area contributed by atoms with Crippen LogP contribution in [0.15, 0.2) is 48.7 Å². The molecule has 33 heavy (non-hydrogen) atoms. The van der Waals surface area contributed by atoms with Gasteiger partial charge >= 0.3 is 0 Å². The molecule has 0 aliphatic carbocycles. The Hall–Kier alpha value is -3.64. The molecule has 2 N–H and O–H groups in total. The summed E-state index contributed by atoms with van der Waals surface area (Å²) in [6.07, 6.45) is 7.99. The van der Waals surface area contributed by atoms with Crippen LogP contribution in [0, 0.1) is 0 Å². The maximum absolute atomic E-state index is 12.6. The summed E-state index contributed by atoms with van der Waals surface area (Å²) in [6.45, 7) is 4.12. The summed E-state index contributed by atoms with van der Waals surface area (Å²) in [6, 6.07) is 14.8. The highest BCUT2D eigenvalue weighted by Crippen LogP contribution is 2.31. The fourth-order valence-electron chi connectivity index (χ4n) is 4.84. The predicted molar refractivity (Wildman–Crippen MR) is 133 cm³/mol. The van der Waals surface area contributed by atoms with Crippen molar-refractivity contribution in [3.63, 3.8) is 0 Å². The van der Waals surface area contributed by atoms with Crippen molar-refractivity contribution in [2.45, 2.75) is 12.8 Å². The van der Waals surface area contributed by atoms with Crippen LogP contribution in [0.2, 0.25) is 0 Å². The molecule has 1 saturated heterocycles. The highest BCUT2D eigenvalue weighted by atomic mass is 16.5. The molecular formula is C27H26N4O2. The molecule has 6 heteroatoms. The number of pyridine rings is 1. The first kappa shape index (κ1) is 20.0. The van der Waals surface area contributed by atoms with Crippen LogP contribution in [0.5, 0.6) is 0 Å². The standard InChI is InChI=1S/C27H26N4O2/c32-27-25-22-9-7-19-17-29-20(16-23(19)26(22)30-24(25)5-2-10-28-27)8-6-18-3-1-4-21(15-18)31-11-13-33-14-12-31/h1,3-4,6-9,15-17,29H,2,5,10-14H2,(H,28,32)/b8-6+. The summed E-state index contributed by atoms with van der Waals surface area (Å²) < 4.78 is 5.47. The molecule has 1 fully saturated rings. The zero-order valence-corrected chi connectivity index (χ0v) is 18.4. The van der Waals surface area contributed by atoms with Gasteiger partial charge in [-0.25, -0.2) is 0 Å². The molecule has 1 amide bonds. The molecular weight excluding hydrogens is 412 g/mol. The number of ether oxygens (including phenoxy) is 1. The Labute approximate surface area is 192 Å². The average molecular weight is 439 g/mol. The van der Waals surface area contributed by atoms with Gasteiger partial charge in [-0.05, 0) is 48.1 Å². The quantitative estimate of drug-likeness (QED) is 0.497. The Morgan fingerprint density at radius 2 is 1.94 bits per heavy atom. The molecule has 2 aromatic carbocycles. The van der Waals surface area contributed by atoms with Crippen molar-refractivity contribution in [3.8, 4) is 0 Å². The molecule has 6 nitrogen and oxygen atoms in total. The van der Waals surface area contributed by atoms with Gasteiger partial charge in [0.25, 0.3) is 5.91 Å². The van der Waals surface area contributed by atoms with E-state index in [-0.39, 0.29) is 5.91 Å². The minimum Gasteiger partial charge on any atom is -0.378 e. The number of aryl methyl sites for hydroxylation is 1. The summed E-state index contributed by atoms with van der Waals surface area (Å²) in [7, 11) is 0. The fraction of sp³-hybridized carbons (Fsp3) is 0.259. The van der Waals surface area contributed by atoms with Gasteiger partial charge in [0, 0.05) is 48.0 Å². The van der Waals surface area contributed by atoms with Gasteiger partial charge in [-0.2, -0.15) is 0 Å². The van der Waals surface area contributed by atoms with Crippen molar-refractivity contribution in [2.75, 3.05) is 37.7 Å². The summed E-state index contributed by atoms with van der Waals surface area (Å²) in [5.74, 6) is -0.00730. The molecule has 0 saturated carbocycles. The minimum absolute atomic E-state index is 0.00730. The number of morpholine rings is 1. The number of anilines is 1. The Morgan fingerprint density at radius 3 is 2.85 bits per heavy atom. The Morgan fingerprint density at radius 1 is 1.03 bits per heavy atom. The number of carbonyl (C=O) groups is 1. The van der Waals surface area contributed by atoms with Crippen LogP contribution in [0.1, 0.15) is 33.7 Å². The molecule has 166 valence electrons. The lowest BCUT2D eigenvalue weighted by atomic mass is 10.0. The van der Waals surface area contributed by atoms with Gasteiger partial charge in [-0.1, -0.05) is 30.3 Å². The lowest BCUT2D eigenvalue weighted by Crippen LogP contribution is -2.36. The van der Waals surface area contributed by atoms with Gasteiger partial charge in [0.05, 0.1) is 30.0 Å². The molecule has 0 spiro atoms. The van der Waals surface area contributed by atoms with Gasteiger partial charge in [0.2, 0.25) is 0 Å². The number of H-pyrrole nitrogens is 1. The number of rotatable bonds is 3. The third-order valence-electron chi connectivity index (χ3n) is 6.55. The zero-order chi connectivity index (χ0) is 22.2. The largest absolute Gasteiger partial charge is 0.378 e. The topological polar surface area (TPSA) is 70.2 Å². The molecule has 4 aromatic rings. The van der Waals surface area contributed by atoms with Crippen LogP contribution < -0.4 is 10.2 Å². The fourth-order valence-corrected chi connectivity index (χ4v) is 4.84. The number of hydrogen-bond acceptors (Lipinski definition) is 4. The van der Waals surface area contributed by atoms with E-state index in [1.165, 1.54) is 5.69 Å². The van der Waals surface area contributed by atoms with Crippen LogP contribution in [-0.4, -0.2) is 48.7 Å². The predicted octanol–water partition coefficient (Wildman–Crippen LogP) is 4.40. The SMILES string of the molecule is O=C1NCCCc2nc3c(ccc4c[nH]c(/C=C/c5cccc(N6CCOCC6)c5)cc43)c21. The van der Waals surface area contributed by atoms with E-state index in [0.29, 0.717) is 6.54 Å². The van der Waals surface area contributed by atoms with Crippen LogP contribution in [-0.2, 0) is 11.2 Å². The lowest BCUT2D eigenvalue weighted by Gasteiger charge is -2.29. The maximum atomic E-state index is 12.6. The number of amides is 1. The first-order chi connectivity index (χ1) is 16.3. The number of fused-ring (bicyclic) bond motifs is 5. The summed E-state index contributed by atoms with van der Waals surface area (Å²) >= 11 is 0. The minimum atomic E-state index is -0.00730. The van der Waals surface area contributed by atoms with E-state index in [1.807, 2.05) is 12.3 Å². The Balaban J connectivity index is 1.35. The molecule has 2 aromatic heterocycles. The monoisotopic (exact) mass is 438 g/mol. The number of benzene rings is 2. The van der Waals surface area contributed by atoms with Crippen LogP contribution >= 0.6 is 0 Å². The van der Waals surface area contributed by atoms with E-state index in [0.717, 1.165) is 83.3 Å². The summed E-state index contributed by atoms with van der Waals surface area (Å²) in [5.41, 5.74) is 5.94. The first-order valence-electron chi connectivity index (χ1n) is 11.6. The highest BCUT2D eigenvalue weighted by Gasteiger charge is 2.22. The Bertz CT molecular complexity index is 1380. The number of aromatic amines is 1. The lowest BCUT2D eigenvalue weighted by molar-refractivity contribution is 0.0957. The first-order valence-corrected chi connectivity index (χ1v) is 11.6. The number of aromatic nitrogens is 2. The van der Waals surface area contributed by atoms with Crippen molar-refractivity contribution >= 4 is 45.4 Å². The van der Waals surface area contributed by atoms with Crippen LogP contribution in [0.4, 0.5) is 5.69 Å².